The van der Waals surface area contributed by atoms with Crippen LogP contribution in [0.3, 0.4) is 0 Å². The number of fused-ring (bicyclic) bond motifs is 2. The van der Waals surface area contributed by atoms with Gasteiger partial charge in [0.2, 0.25) is 18.8 Å². The lowest BCUT2D eigenvalue weighted by atomic mass is 10.1. The number of aliphatic imine (C=N–C) groups is 1. The van der Waals surface area contributed by atoms with E-state index in [1.807, 2.05) is 0 Å². The summed E-state index contributed by atoms with van der Waals surface area (Å²) in [7, 11) is 1.79. The van der Waals surface area contributed by atoms with Crippen LogP contribution < -0.4 is 14.5 Å². The zero-order chi connectivity index (χ0) is 20.4. The molecular weight excluding hydrogens is 380 g/mol. The number of guanidine groups is 1. The molecular formula is C18H18F4N4O2. The Balaban J connectivity index is 0.000000706. The minimum Gasteiger partial charge on any atom is -0.485 e. The third kappa shape index (κ3) is 3.41. The summed E-state index contributed by atoms with van der Waals surface area (Å²) in [6, 6.07) is 2.72. The summed E-state index contributed by atoms with van der Waals surface area (Å²) in [5, 5.41) is 0. The van der Waals surface area contributed by atoms with Gasteiger partial charge in [-0.05, 0) is 12.5 Å². The van der Waals surface area contributed by atoms with Gasteiger partial charge in [-0.15, -0.1) is 0 Å². The molecule has 6 nitrogen and oxygen atoms in total. The van der Waals surface area contributed by atoms with Gasteiger partial charge < -0.3 is 9.64 Å². The Morgan fingerprint density at radius 2 is 1.96 bits per heavy atom. The van der Waals surface area contributed by atoms with Gasteiger partial charge >= 0.3 is 0 Å². The second-order valence-electron chi connectivity index (χ2n) is 6.11. The number of rotatable bonds is 1. The molecule has 0 aliphatic carbocycles. The molecule has 0 saturated heterocycles. The van der Waals surface area contributed by atoms with Crippen molar-refractivity contribution in [1.82, 2.24) is 4.90 Å². The SMILES string of the molecule is C=C1COc2cc(F)c(N3C(=O)C=C(F)N4CCCN=C43)cc2N1C.FCF. The molecule has 3 aliphatic heterocycles. The maximum absolute atomic E-state index is 14.7. The van der Waals surface area contributed by atoms with Gasteiger partial charge in [0.05, 0.1) is 17.5 Å². The van der Waals surface area contributed by atoms with Crippen LogP contribution in [-0.4, -0.2) is 50.4 Å². The fraction of sp³-hybridized carbons (Fsp3) is 0.333. The van der Waals surface area contributed by atoms with Crippen LogP contribution in [0.2, 0.25) is 0 Å². The second kappa shape index (κ2) is 7.91. The highest BCUT2D eigenvalue weighted by atomic mass is 19.3. The first-order valence-corrected chi connectivity index (χ1v) is 8.42. The molecule has 10 heteroatoms. The number of hydrogen-bond acceptors (Lipinski definition) is 5. The molecule has 150 valence electrons. The van der Waals surface area contributed by atoms with Gasteiger partial charge in [-0.1, -0.05) is 6.58 Å². The third-order valence-electron chi connectivity index (χ3n) is 4.45. The fourth-order valence-electron chi connectivity index (χ4n) is 3.07. The number of ether oxygens (including phenoxy) is 1. The lowest BCUT2D eigenvalue weighted by Gasteiger charge is -2.38. The number of halogens is 4. The van der Waals surface area contributed by atoms with E-state index in [4.69, 9.17) is 4.74 Å². The maximum atomic E-state index is 14.7. The number of nitrogens with zero attached hydrogens (tertiary/aromatic N) is 4. The number of carbonyl (C=O) groups is 1. The van der Waals surface area contributed by atoms with Crippen molar-refractivity contribution in [2.45, 2.75) is 6.42 Å². The van der Waals surface area contributed by atoms with Crippen LogP contribution in [0.4, 0.5) is 28.9 Å². The number of likely N-dealkylation sites (N-methyl/N-ethyl adjacent to an activating group) is 1. The molecule has 0 bridgehead atoms. The third-order valence-corrected chi connectivity index (χ3v) is 4.45. The van der Waals surface area contributed by atoms with Crippen LogP contribution in [0, 0.1) is 5.82 Å². The largest absolute Gasteiger partial charge is 0.485 e. The van der Waals surface area contributed by atoms with E-state index in [1.165, 1.54) is 17.0 Å². The van der Waals surface area contributed by atoms with Gasteiger partial charge in [0.15, 0.2) is 5.82 Å². The molecule has 3 aliphatic rings. The van der Waals surface area contributed by atoms with Crippen molar-refractivity contribution in [3.8, 4) is 5.75 Å². The summed E-state index contributed by atoms with van der Waals surface area (Å²) in [5.41, 5.74) is 1.29. The smallest absolute Gasteiger partial charge is 0.262 e. The molecule has 1 aromatic carbocycles. The highest BCUT2D eigenvalue weighted by molar-refractivity contribution is 6.22. The minimum atomic E-state index is -1.75. The van der Waals surface area contributed by atoms with Crippen molar-refractivity contribution >= 4 is 23.2 Å². The topological polar surface area (TPSA) is 48.4 Å². The molecule has 0 saturated carbocycles. The molecule has 0 fully saturated rings. The summed E-state index contributed by atoms with van der Waals surface area (Å²) in [5.74, 6) is -1.52. The molecule has 1 aromatic rings. The van der Waals surface area contributed by atoms with Crippen LogP contribution in [0.1, 0.15) is 6.42 Å². The van der Waals surface area contributed by atoms with Gasteiger partial charge in [-0.2, -0.15) is 4.39 Å². The van der Waals surface area contributed by atoms with E-state index in [9.17, 15) is 22.4 Å². The van der Waals surface area contributed by atoms with E-state index in [0.717, 1.165) is 11.0 Å². The Labute approximate surface area is 159 Å². The molecule has 1 amide bonds. The number of amides is 1. The first-order chi connectivity index (χ1) is 13.4. The van der Waals surface area contributed by atoms with E-state index in [0.29, 0.717) is 36.6 Å². The number of alkyl halides is 2. The molecule has 28 heavy (non-hydrogen) atoms. The number of carbonyl (C=O) groups excluding carboxylic acids is 1. The maximum Gasteiger partial charge on any atom is 0.262 e. The van der Waals surface area contributed by atoms with Gasteiger partial charge in [-0.25, -0.2) is 18.1 Å². The van der Waals surface area contributed by atoms with Crippen LogP contribution in [0.5, 0.6) is 5.75 Å². The number of anilines is 2. The Bertz CT molecular complexity index is 871. The summed E-state index contributed by atoms with van der Waals surface area (Å²) < 4.78 is 53.5. The molecule has 4 rings (SSSR count). The summed E-state index contributed by atoms with van der Waals surface area (Å²) in [6.45, 7) is 3.24. The molecule has 0 radical (unpaired) electrons. The molecule has 3 heterocycles. The quantitative estimate of drug-likeness (QED) is 0.538. The van der Waals surface area contributed by atoms with Gasteiger partial charge in [0.1, 0.15) is 12.4 Å². The predicted octanol–water partition coefficient (Wildman–Crippen LogP) is 3.27. The Morgan fingerprint density at radius 3 is 2.68 bits per heavy atom. The number of benzene rings is 1. The summed E-state index contributed by atoms with van der Waals surface area (Å²) in [4.78, 5) is 20.8. The molecule has 0 N–H and O–H groups in total. The van der Waals surface area contributed by atoms with Crippen molar-refractivity contribution in [2.24, 2.45) is 4.99 Å². The molecule has 0 aromatic heterocycles. The van der Waals surface area contributed by atoms with E-state index in [1.54, 1.807) is 11.9 Å². The Kier molecular flexibility index (Phi) is 5.57. The van der Waals surface area contributed by atoms with E-state index in [-0.39, 0.29) is 18.3 Å². The van der Waals surface area contributed by atoms with Gasteiger partial charge in [-0.3, -0.25) is 14.7 Å². The van der Waals surface area contributed by atoms with E-state index in [2.05, 4.69) is 11.6 Å². The second-order valence-corrected chi connectivity index (χ2v) is 6.11. The van der Waals surface area contributed by atoms with E-state index >= 15 is 0 Å². The molecule has 0 atom stereocenters. The van der Waals surface area contributed by atoms with Crippen LogP contribution in [0.15, 0.2) is 41.4 Å². The zero-order valence-electron chi connectivity index (χ0n) is 15.1. The summed E-state index contributed by atoms with van der Waals surface area (Å²) >= 11 is 0. The van der Waals surface area contributed by atoms with Crippen molar-refractivity contribution in [2.75, 3.05) is 43.5 Å². The fourth-order valence-corrected chi connectivity index (χ4v) is 3.07. The van der Waals surface area contributed by atoms with Crippen LogP contribution in [0.25, 0.3) is 0 Å². The lowest BCUT2D eigenvalue weighted by molar-refractivity contribution is -0.114. The lowest BCUT2D eigenvalue weighted by Crippen LogP contribution is -2.52. The molecule has 0 spiro atoms. The number of hydrogen-bond donors (Lipinski definition) is 0. The van der Waals surface area contributed by atoms with Crippen molar-refractivity contribution in [1.29, 1.82) is 0 Å². The van der Waals surface area contributed by atoms with Gasteiger partial charge in [0.25, 0.3) is 5.91 Å². The summed E-state index contributed by atoms with van der Waals surface area (Å²) in [6.07, 6.45) is 1.51. The standard InChI is InChI=1S/C17H16F2N4O2.CH2F2/c1-10-9-25-14-6-11(18)12(7-13(14)21(10)2)23-16(24)8-15(19)22-5-3-4-20-17(22)23;2-1-3/h6-8H,1,3-5,9H2,2H3;1H2. The Hall–Kier alpha value is -3.04. The van der Waals surface area contributed by atoms with E-state index < -0.39 is 24.6 Å². The van der Waals surface area contributed by atoms with Crippen molar-refractivity contribution in [3.05, 3.63) is 42.3 Å². The Morgan fingerprint density at radius 1 is 1.25 bits per heavy atom. The van der Waals surface area contributed by atoms with Gasteiger partial charge in [0, 0.05) is 31.9 Å². The first-order valence-electron chi connectivity index (χ1n) is 8.42. The predicted molar refractivity (Wildman–Crippen MR) is 96.8 cm³/mol. The monoisotopic (exact) mass is 398 g/mol. The normalized spacial score (nSPS) is 18.4. The van der Waals surface area contributed by atoms with Crippen LogP contribution in [-0.2, 0) is 4.79 Å². The van der Waals surface area contributed by atoms with Crippen molar-refractivity contribution < 1.29 is 27.1 Å². The average molecular weight is 398 g/mol. The average Bonchev–Trinajstić information content (AvgIpc) is 2.66. The van der Waals surface area contributed by atoms with Crippen molar-refractivity contribution in [3.63, 3.8) is 0 Å². The van der Waals surface area contributed by atoms with Crippen LogP contribution >= 0.6 is 0 Å². The molecule has 0 unspecified atom stereocenters. The first kappa shape index (κ1) is 19.7. The minimum absolute atomic E-state index is 0.00306. The highest BCUT2D eigenvalue weighted by Crippen LogP contribution is 2.40. The zero-order valence-corrected chi connectivity index (χ0v) is 15.1. The highest BCUT2D eigenvalue weighted by Gasteiger charge is 2.36.